The molecule has 0 atom stereocenters. The fraction of sp³-hybridized carbons (Fsp3) is 0.536. The standard InChI is InChI=1S/C28H35F4N3O3/c1-17(2)38-22-7-5-4-6-21(22)34-14-12-33(13-15-34)19-8-10-20(11-9-19)35(16-36)28(37)23-18(3)24(29)26(31)27(32)25(23)30/h4-7,17,19-20,36H,8-16H2,1-3H3. The lowest BCUT2D eigenvalue weighted by atomic mass is 9.88. The van der Waals surface area contributed by atoms with E-state index in [1.807, 2.05) is 32.0 Å². The molecule has 0 spiro atoms. The maximum atomic E-state index is 14.4. The van der Waals surface area contributed by atoms with Crippen LogP contribution < -0.4 is 9.64 Å². The number of carbonyl (C=O) groups excluding carboxylic acids is 1. The predicted octanol–water partition coefficient (Wildman–Crippen LogP) is 4.86. The van der Waals surface area contributed by atoms with Gasteiger partial charge in [-0.15, -0.1) is 0 Å². The van der Waals surface area contributed by atoms with E-state index in [-0.39, 0.29) is 6.10 Å². The lowest BCUT2D eigenvalue weighted by Gasteiger charge is -2.44. The minimum atomic E-state index is -2.03. The fourth-order valence-corrected chi connectivity index (χ4v) is 5.62. The van der Waals surface area contributed by atoms with E-state index in [1.165, 1.54) is 0 Å². The third kappa shape index (κ3) is 5.61. The summed E-state index contributed by atoms with van der Waals surface area (Å²) in [6.45, 7) is 7.73. The van der Waals surface area contributed by atoms with Crippen LogP contribution in [0.25, 0.3) is 0 Å². The molecule has 0 bridgehead atoms. The highest BCUT2D eigenvalue weighted by Gasteiger charge is 2.36. The summed E-state index contributed by atoms with van der Waals surface area (Å²) in [7, 11) is 0. The SMILES string of the molecule is Cc1c(F)c(F)c(F)c(F)c1C(=O)N(CO)C1CCC(N2CCN(c3ccccc3OC(C)C)CC2)CC1. The Labute approximate surface area is 220 Å². The van der Waals surface area contributed by atoms with Crippen LogP contribution in [0.1, 0.15) is 55.5 Å². The predicted molar refractivity (Wildman–Crippen MR) is 136 cm³/mol. The van der Waals surface area contributed by atoms with Gasteiger partial charge >= 0.3 is 0 Å². The lowest BCUT2D eigenvalue weighted by Crippen LogP contribution is -2.53. The summed E-state index contributed by atoms with van der Waals surface area (Å²) in [6.07, 6.45) is 2.70. The summed E-state index contributed by atoms with van der Waals surface area (Å²) < 4.78 is 61.9. The number of aliphatic hydroxyl groups excluding tert-OH is 1. The van der Waals surface area contributed by atoms with Gasteiger partial charge in [-0.25, -0.2) is 17.6 Å². The Morgan fingerprint density at radius 1 is 0.974 bits per heavy atom. The van der Waals surface area contributed by atoms with Gasteiger partial charge in [0.25, 0.3) is 5.91 Å². The molecule has 6 nitrogen and oxygen atoms in total. The molecule has 1 amide bonds. The van der Waals surface area contributed by atoms with Gasteiger partial charge in [-0.2, -0.15) is 0 Å². The zero-order valence-corrected chi connectivity index (χ0v) is 22.0. The molecular formula is C28H35F4N3O3. The van der Waals surface area contributed by atoms with Crippen molar-refractivity contribution in [3.8, 4) is 5.75 Å². The van der Waals surface area contributed by atoms with E-state index in [1.54, 1.807) is 0 Å². The largest absolute Gasteiger partial charge is 0.489 e. The normalized spacial score (nSPS) is 20.6. The van der Waals surface area contributed by atoms with E-state index in [2.05, 4.69) is 15.9 Å². The molecule has 0 radical (unpaired) electrons. The van der Waals surface area contributed by atoms with Crippen molar-refractivity contribution in [3.63, 3.8) is 0 Å². The Morgan fingerprint density at radius 3 is 2.18 bits per heavy atom. The quantitative estimate of drug-likeness (QED) is 0.237. The Kier molecular flexibility index (Phi) is 8.82. The zero-order chi connectivity index (χ0) is 27.6. The molecule has 38 heavy (non-hydrogen) atoms. The van der Waals surface area contributed by atoms with Crippen molar-refractivity contribution in [2.45, 2.75) is 64.6 Å². The molecular weight excluding hydrogens is 502 g/mol. The third-order valence-electron chi connectivity index (χ3n) is 7.64. The van der Waals surface area contributed by atoms with Gasteiger partial charge in [0.15, 0.2) is 23.3 Å². The number of benzene rings is 2. The molecule has 1 aliphatic heterocycles. The maximum absolute atomic E-state index is 14.4. The number of piperazine rings is 1. The average Bonchev–Trinajstić information content (AvgIpc) is 2.92. The second-order valence-electron chi connectivity index (χ2n) is 10.3. The summed E-state index contributed by atoms with van der Waals surface area (Å²) >= 11 is 0. The molecule has 1 saturated heterocycles. The first kappa shape index (κ1) is 28.2. The Morgan fingerprint density at radius 2 is 1.58 bits per heavy atom. The van der Waals surface area contributed by atoms with E-state index < -0.39 is 53.1 Å². The molecule has 208 valence electrons. The van der Waals surface area contributed by atoms with E-state index in [4.69, 9.17) is 4.74 Å². The number of hydrogen-bond donors (Lipinski definition) is 1. The number of hydrogen-bond acceptors (Lipinski definition) is 5. The van der Waals surface area contributed by atoms with Crippen LogP contribution in [0.4, 0.5) is 23.2 Å². The summed E-state index contributed by atoms with van der Waals surface area (Å²) in [5, 5.41) is 9.91. The Balaban J connectivity index is 1.36. The van der Waals surface area contributed by atoms with Gasteiger partial charge in [0.05, 0.1) is 17.4 Å². The number of para-hydroxylation sites is 2. The molecule has 10 heteroatoms. The van der Waals surface area contributed by atoms with E-state index in [9.17, 15) is 27.5 Å². The van der Waals surface area contributed by atoms with Crippen LogP contribution in [0.15, 0.2) is 24.3 Å². The molecule has 2 aromatic rings. The van der Waals surface area contributed by atoms with Crippen LogP contribution in [0.3, 0.4) is 0 Å². The van der Waals surface area contributed by atoms with Crippen molar-refractivity contribution in [3.05, 3.63) is 58.7 Å². The lowest BCUT2D eigenvalue weighted by molar-refractivity contribution is 0.0253. The smallest absolute Gasteiger partial charge is 0.259 e. The molecule has 1 N–H and O–H groups in total. The van der Waals surface area contributed by atoms with E-state index in [0.29, 0.717) is 18.9 Å². The highest BCUT2D eigenvalue weighted by Crippen LogP contribution is 2.33. The van der Waals surface area contributed by atoms with Crippen molar-refractivity contribution >= 4 is 11.6 Å². The van der Waals surface area contributed by atoms with Crippen LogP contribution >= 0.6 is 0 Å². The van der Waals surface area contributed by atoms with Crippen LogP contribution in [0.2, 0.25) is 0 Å². The summed E-state index contributed by atoms with van der Waals surface area (Å²) in [6, 6.07) is 7.91. The highest BCUT2D eigenvalue weighted by molar-refractivity contribution is 5.96. The molecule has 1 aliphatic carbocycles. The van der Waals surface area contributed by atoms with Gasteiger partial charge in [0.2, 0.25) is 0 Å². The molecule has 4 rings (SSSR count). The molecule has 2 aliphatic rings. The number of rotatable bonds is 7. The first-order chi connectivity index (χ1) is 18.1. The van der Waals surface area contributed by atoms with Crippen molar-refractivity contribution in [2.24, 2.45) is 0 Å². The number of anilines is 1. The van der Waals surface area contributed by atoms with Crippen LogP contribution in [0.5, 0.6) is 5.75 Å². The van der Waals surface area contributed by atoms with Gasteiger partial charge in [-0.05, 0) is 58.6 Å². The third-order valence-corrected chi connectivity index (χ3v) is 7.64. The number of halogens is 4. The Bertz CT molecular complexity index is 1120. The van der Waals surface area contributed by atoms with E-state index >= 15 is 0 Å². The van der Waals surface area contributed by atoms with E-state index in [0.717, 1.165) is 62.3 Å². The highest BCUT2D eigenvalue weighted by atomic mass is 19.2. The van der Waals surface area contributed by atoms with Gasteiger partial charge in [-0.1, -0.05) is 12.1 Å². The maximum Gasteiger partial charge on any atom is 0.259 e. The van der Waals surface area contributed by atoms with Gasteiger partial charge in [-0.3, -0.25) is 9.69 Å². The molecule has 0 unspecified atom stereocenters. The summed E-state index contributed by atoms with van der Waals surface area (Å²) in [5.41, 5.74) is -0.412. The average molecular weight is 538 g/mol. The van der Waals surface area contributed by atoms with Gasteiger partial charge in [0.1, 0.15) is 12.5 Å². The second-order valence-corrected chi connectivity index (χ2v) is 10.3. The van der Waals surface area contributed by atoms with Crippen LogP contribution in [0, 0.1) is 30.2 Å². The first-order valence-corrected chi connectivity index (χ1v) is 13.1. The van der Waals surface area contributed by atoms with Crippen molar-refractivity contribution in [1.29, 1.82) is 0 Å². The van der Waals surface area contributed by atoms with Crippen molar-refractivity contribution in [2.75, 3.05) is 37.8 Å². The topological polar surface area (TPSA) is 56.3 Å². The fourth-order valence-electron chi connectivity index (χ4n) is 5.62. The minimum Gasteiger partial charge on any atom is -0.489 e. The summed E-state index contributed by atoms with van der Waals surface area (Å²) in [4.78, 5) is 18.8. The Hall–Kier alpha value is -2.85. The second kappa shape index (κ2) is 11.9. The number of aliphatic hydroxyl groups is 1. The monoisotopic (exact) mass is 537 g/mol. The number of nitrogens with zero attached hydrogens (tertiary/aromatic N) is 3. The number of carbonyl (C=O) groups is 1. The first-order valence-electron chi connectivity index (χ1n) is 13.1. The molecule has 0 aromatic heterocycles. The molecule has 2 fully saturated rings. The zero-order valence-electron chi connectivity index (χ0n) is 22.0. The van der Waals surface area contributed by atoms with Crippen molar-refractivity contribution in [1.82, 2.24) is 9.80 Å². The number of ether oxygens (including phenoxy) is 1. The van der Waals surface area contributed by atoms with Crippen molar-refractivity contribution < 1.29 is 32.2 Å². The van der Waals surface area contributed by atoms with Gasteiger partial charge in [0, 0.05) is 43.8 Å². The number of amides is 1. The molecule has 1 heterocycles. The van der Waals surface area contributed by atoms with Crippen LogP contribution in [-0.4, -0.2) is 71.9 Å². The molecule has 2 aromatic carbocycles. The minimum absolute atomic E-state index is 0.0829. The molecule has 1 saturated carbocycles. The van der Waals surface area contributed by atoms with Crippen LogP contribution in [-0.2, 0) is 0 Å². The summed E-state index contributed by atoms with van der Waals surface area (Å²) in [5.74, 6) is -7.50. The van der Waals surface area contributed by atoms with Gasteiger partial charge < -0.3 is 19.6 Å².